The number of rotatable bonds is 24. The van der Waals surface area contributed by atoms with Crippen LogP contribution in [-0.4, -0.2) is 164 Å². The van der Waals surface area contributed by atoms with Gasteiger partial charge in [-0.2, -0.15) is 5.10 Å². The lowest BCUT2D eigenvalue weighted by Gasteiger charge is -2.37. The van der Waals surface area contributed by atoms with Crippen LogP contribution >= 0.6 is 27.3 Å². The summed E-state index contributed by atoms with van der Waals surface area (Å²) in [5.74, 6) is -1.26. The van der Waals surface area contributed by atoms with Crippen molar-refractivity contribution in [3.8, 4) is 10.4 Å². The van der Waals surface area contributed by atoms with Gasteiger partial charge in [0.05, 0.1) is 80.3 Å². The predicted octanol–water partition coefficient (Wildman–Crippen LogP) is 3.48. The zero-order valence-electron chi connectivity index (χ0n) is 41.4. The highest BCUT2D eigenvalue weighted by Gasteiger charge is 2.44. The first-order chi connectivity index (χ1) is 34.0. The molecular weight excluding hydrogens is 999 g/mol. The van der Waals surface area contributed by atoms with Crippen molar-refractivity contribution in [2.45, 2.75) is 77.2 Å². The number of thiazole rings is 1. The van der Waals surface area contributed by atoms with Gasteiger partial charge in [-0.05, 0) is 76.5 Å². The summed E-state index contributed by atoms with van der Waals surface area (Å²) >= 11 is 4.97. The van der Waals surface area contributed by atoms with Crippen molar-refractivity contribution in [3.05, 3.63) is 97.4 Å². The highest BCUT2D eigenvalue weighted by atomic mass is 79.9. The molecule has 6 rings (SSSR count). The number of nitrogens with zero attached hydrogens (tertiary/aromatic N) is 5. The van der Waals surface area contributed by atoms with Crippen LogP contribution in [0.4, 0.5) is 5.69 Å². The quantitative estimate of drug-likeness (QED) is 0.0634. The van der Waals surface area contributed by atoms with E-state index in [0.29, 0.717) is 55.3 Å². The van der Waals surface area contributed by atoms with Gasteiger partial charge in [-0.3, -0.25) is 24.0 Å². The van der Waals surface area contributed by atoms with Crippen molar-refractivity contribution in [1.29, 1.82) is 0 Å². The minimum atomic E-state index is -0.974. The molecule has 386 valence electrons. The number of aromatic nitrogens is 3. The van der Waals surface area contributed by atoms with Gasteiger partial charge in [-0.1, -0.05) is 57.2 Å². The number of amides is 4. The van der Waals surface area contributed by atoms with E-state index in [4.69, 9.17) is 18.9 Å². The Kier molecular flexibility index (Phi) is 20.6. The van der Waals surface area contributed by atoms with E-state index in [1.807, 2.05) is 81.7 Å². The van der Waals surface area contributed by atoms with Crippen LogP contribution in [0.5, 0.6) is 0 Å². The molecule has 2 aromatic carbocycles. The van der Waals surface area contributed by atoms with Gasteiger partial charge in [0.2, 0.25) is 17.7 Å². The number of hydrogen-bond acceptors (Lipinski definition) is 15. The number of nitrogens with one attached hydrogen (secondary N) is 4. The van der Waals surface area contributed by atoms with Crippen LogP contribution in [0.2, 0.25) is 0 Å². The molecule has 2 aromatic heterocycles. The number of carbonyl (C=O) groups is 4. The lowest BCUT2D eigenvalue weighted by Crippen LogP contribution is -2.58. The van der Waals surface area contributed by atoms with Gasteiger partial charge in [0.15, 0.2) is 0 Å². The Hall–Kier alpha value is -5.13. The number of piperidine rings is 1. The Balaban J connectivity index is 0.793. The Morgan fingerprint density at radius 1 is 0.873 bits per heavy atom. The molecular formula is C50H68BrN9O10S. The second-order valence-electron chi connectivity index (χ2n) is 19.0. The van der Waals surface area contributed by atoms with Crippen molar-refractivity contribution in [1.82, 2.24) is 40.5 Å². The van der Waals surface area contributed by atoms with Crippen LogP contribution in [0, 0.1) is 12.3 Å². The summed E-state index contributed by atoms with van der Waals surface area (Å²) in [7, 11) is 3.69. The summed E-state index contributed by atoms with van der Waals surface area (Å²) < 4.78 is 24.0. The molecule has 21 heteroatoms. The Morgan fingerprint density at radius 2 is 1.54 bits per heavy atom. The van der Waals surface area contributed by atoms with E-state index in [-0.39, 0.29) is 68.7 Å². The maximum absolute atomic E-state index is 13.9. The molecule has 0 bridgehead atoms. The number of β-amino-alcohol motifs (C(OH)–C–C–N with tert-alkyl or cyclic N) is 1. The molecule has 0 saturated carbocycles. The number of carbonyl (C=O) groups excluding carboxylic acids is 4. The van der Waals surface area contributed by atoms with Crippen molar-refractivity contribution in [3.63, 3.8) is 0 Å². The topological polar surface area (TPSA) is 228 Å². The molecule has 5 atom stereocenters. The zero-order valence-corrected chi connectivity index (χ0v) is 43.8. The molecule has 19 nitrogen and oxygen atoms in total. The number of benzene rings is 2. The first kappa shape index (κ1) is 55.2. The number of ether oxygens (including phenoxy) is 4. The number of likely N-dealkylation sites (N-methyl/N-ethyl adjacent to an activating group) is 1. The number of halogens is 1. The van der Waals surface area contributed by atoms with E-state index in [9.17, 15) is 29.1 Å². The van der Waals surface area contributed by atoms with Crippen molar-refractivity contribution in [2.24, 2.45) is 12.5 Å². The molecule has 5 N–H and O–H groups in total. The number of aliphatic hydroxyl groups excluding tert-OH is 1. The van der Waals surface area contributed by atoms with Crippen molar-refractivity contribution in [2.75, 3.05) is 91.4 Å². The van der Waals surface area contributed by atoms with E-state index in [1.54, 1.807) is 24.6 Å². The predicted molar refractivity (Wildman–Crippen MR) is 273 cm³/mol. The van der Waals surface area contributed by atoms with Crippen LogP contribution in [-0.2, 0) is 46.9 Å². The average molecular weight is 1070 g/mol. The maximum Gasteiger partial charge on any atom is 0.282 e. The molecule has 0 aliphatic carbocycles. The second-order valence-corrected chi connectivity index (χ2v) is 20.7. The SMILES string of the molecule is Cc1ncsc1-c1ccc(CNC(=O)[C@@H]2C[C@@H](O)CN2C(=O)[C@@H](NC(=O)COCCOCCOCCOCCNC(=O)c2ccc([C@H]3C[C@@H](Nc4cnn(C)c(=O)c4Br)CN(C)C3)cc2)C(C)(C)C)cc1. The molecule has 4 amide bonds. The number of likely N-dealkylation sites (tertiary alicyclic amines) is 2. The largest absolute Gasteiger partial charge is 0.391 e. The van der Waals surface area contributed by atoms with E-state index in [2.05, 4.69) is 59.2 Å². The summed E-state index contributed by atoms with van der Waals surface area (Å²) in [4.78, 5) is 74.4. The Morgan fingerprint density at radius 3 is 2.18 bits per heavy atom. The highest BCUT2D eigenvalue weighted by Crippen LogP contribution is 2.31. The molecule has 71 heavy (non-hydrogen) atoms. The van der Waals surface area contributed by atoms with Crippen LogP contribution in [0.3, 0.4) is 0 Å². The average Bonchev–Trinajstić information content (AvgIpc) is 3.97. The highest BCUT2D eigenvalue weighted by molar-refractivity contribution is 9.10. The molecule has 0 spiro atoms. The van der Waals surface area contributed by atoms with Gasteiger partial charge in [0, 0.05) is 57.8 Å². The van der Waals surface area contributed by atoms with Crippen LogP contribution in [0.1, 0.15) is 66.7 Å². The lowest BCUT2D eigenvalue weighted by atomic mass is 9.85. The molecule has 0 unspecified atom stereocenters. The summed E-state index contributed by atoms with van der Waals surface area (Å²) in [5, 5.41) is 26.7. The minimum Gasteiger partial charge on any atom is -0.391 e. The molecule has 2 saturated heterocycles. The fraction of sp³-hybridized carbons (Fsp3) is 0.540. The third-order valence-corrected chi connectivity index (χ3v) is 14.1. The fourth-order valence-electron chi connectivity index (χ4n) is 8.55. The zero-order chi connectivity index (χ0) is 51.1. The first-order valence-electron chi connectivity index (χ1n) is 23.9. The van der Waals surface area contributed by atoms with Crippen molar-refractivity contribution < 1.29 is 43.2 Å². The van der Waals surface area contributed by atoms with E-state index >= 15 is 0 Å². The van der Waals surface area contributed by atoms with Crippen LogP contribution in [0.25, 0.3) is 10.4 Å². The van der Waals surface area contributed by atoms with Crippen molar-refractivity contribution >= 4 is 56.6 Å². The van der Waals surface area contributed by atoms with Gasteiger partial charge in [0.1, 0.15) is 23.2 Å². The molecule has 4 heterocycles. The molecule has 0 radical (unpaired) electrons. The van der Waals surface area contributed by atoms with Gasteiger partial charge in [-0.25, -0.2) is 9.67 Å². The number of anilines is 1. The van der Waals surface area contributed by atoms with E-state index < -0.39 is 35.4 Å². The number of hydrogen-bond donors (Lipinski definition) is 5. The van der Waals surface area contributed by atoms with Gasteiger partial charge in [0.25, 0.3) is 11.5 Å². The van der Waals surface area contributed by atoms with Gasteiger partial charge < -0.3 is 55.1 Å². The third kappa shape index (κ3) is 16.2. The van der Waals surface area contributed by atoms with Crippen LogP contribution < -0.4 is 26.8 Å². The van der Waals surface area contributed by atoms with E-state index in [0.717, 1.165) is 46.8 Å². The van der Waals surface area contributed by atoms with Gasteiger partial charge >= 0.3 is 0 Å². The van der Waals surface area contributed by atoms with Gasteiger partial charge in [-0.15, -0.1) is 11.3 Å². The lowest BCUT2D eigenvalue weighted by molar-refractivity contribution is -0.144. The minimum absolute atomic E-state index is 0.0233. The van der Waals surface area contributed by atoms with Crippen LogP contribution in [0.15, 0.2) is 69.5 Å². The Bertz CT molecular complexity index is 2450. The monoisotopic (exact) mass is 1070 g/mol. The Labute approximate surface area is 427 Å². The molecule has 4 aromatic rings. The number of aryl methyl sites for hydroxylation is 2. The molecule has 2 fully saturated rings. The second kappa shape index (κ2) is 26.5. The summed E-state index contributed by atoms with van der Waals surface area (Å²) in [6, 6.07) is 13.8. The maximum atomic E-state index is 13.9. The molecule has 2 aliphatic rings. The summed E-state index contributed by atoms with van der Waals surface area (Å²) in [6.45, 7) is 11.4. The smallest absolute Gasteiger partial charge is 0.282 e. The fourth-order valence-corrected chi connectivity index (χ4v) is 9.83. The standard InChI is InChI=1S/C50H68BrN9O10S/c1-32-44(71-31-54-32)35-9-7-33(8-10-35)25-53-47(64)41-24-39(61)29-60(41)49(66)45(50(2,3)4)57-42(62)30-70-22-21-69-20-19-68-18-17-67-16-15-52-46(63)36-13-11-34(12-14-36)37-23-38(28-58(5)27-37)56-40-26-55-59(6)48(65)43(40)51/h7-14,26,31,37-39,41,45,56,61H,15-25,27-30H2,1-6H3,(H,52,63)(H,53,64)(H,57,62)/t37-,38+,39+,41-,45+/m0/s1. The normalized spacial score (nSPS) is 18.8. The molecule has 2 aliphatic heterocycles. The first-order valence-corrected chi connectivity index (χ1v) is 25.6. The summed E-state index contributed by atoms with van der Waals surface area (Å²) in [5.41, 5.74) is 6.17. The van der Waals surface area contributed by atoms with E-state index in [1.165, 1.54) is 9.58 Å². The summed E-state index contributed by atoms with van der Waals surface area (Å²) in [6.07, 6.45) is 1.73. The third-order valence-electron chi connectivity index (χ3n) is 12.3. The number of aliphatic hydroxyl groups is 1.